The first-order chi connectivity index (χ1) is 9.60. The fraction of sp³-hybridized carbons (Fsp3) is 0.667. The molecule has 0 fully saturated rings. The second-order valence-corrected chi connectivity index (χ2v) is 6.39. The zero-order valence-electron chi connectivity index (χ0n) is 13.4. The van der Waals surface area contributed by atoms with Crippen molar-refractivity contribution in [3.8, 4) is 5.75 Å². The van der Waals surface area contributed by atoms with E-state index in [4.69, 9.17) is 4.74 Å². The van der Waals surface area contributed by atoms with Crippen LogP contribution in [0.25, 0.3) is 0 Å². The van der Waals surface area contributed by atoms with E-state index in [1.54, 1.807) is 0 Å². The molecule has 0 aliphatic carbocycles. The molecule has 2 rings (SSSR count). The molecule has 1 aromatic rings. The van der Waals surface area contributed by atoms with Gasteiger partial charge in [0.2, 0.25) is 0 Å². The number of rotatable bonds is 7. The molecular formula is C18H29NO. The van der Waals surface area contributed by atoms with E-state index in [-0.39, 0.29) is 0 Å². The normalized spacial score (nSPS) is 18.9. The minimum atomic E-state index is 0.390. The first-order valence-electron chi connectivity index (χ1n) is 8.09. The molecule has 1 heterocycles. The molecule has 20 heavy (non-hydrogen) atoms. The Labute approximate surface area is 123 Å². The largest absolute Gasteiger partial charge is 0.490 e. The second-order valence-electron chi connectivity index (χ2n) is 6.39. The lowest BCUT2D eigenvalue weighted by molar-refractivity contribution is 0.212. The first-order valence-corrected chi connectivity index (χ1v) is 8.09. The van der Waals surface area contributed by atoms with Crippen LogP contribution >= 0.6 is 0 Å². The Morgan fingerprint density at radius 2 is 2.15 bits per heavy atom. The summed E-state index contributed by atoms with van der Waals surface area (Å²) in [6.07, 6.45) is 5.14. The van der Waals surface area contributed by atoms with Crippen molar-refractivity contribution in [2.45, 2.75) is 65.5 Å². The van der Waals surface area contributed by atoms with Gasteiger partial charge < -0.3 is 10.1 Å². The van der Waals surface area contributed by atoms with E-state index in [1.807, 2.05) is 0 Å². The van der Waals surface area contributed by atoms with Crippen molar-refractivity contribution in [1.29, 1.82) is 0 Å². The molecule has 112 valence electrons. The van der Waals surface area contributed by atoms with Crippen molar-refractivity contribution in [3.05, 3.63) is 29.3 Å². The highest BCUT2D eigenvalue weighted by molar-refractivity contribution is 5.40. The van der Waals surface area contributed by atoms with Crippen LogP contribution < -0.4 is 10.1 Å². The van der Waals surface area contributed by atoms with E-state index in [0.717, 1.165) is 18.7 Å². The van der Waals surface area contributed by atoms with E-state index < -0.39 is 0 Å². The van der Waals surface area contributed by atoms with Gasteiger partial charge in [0.25, 0.3) is 0 Å². The van der Waals surface area contributed by atoms with E-state index in [1.165, 1.54) is 30.4 Å². The molecule has 1 N–H and O–H groups in total. The summed E-state index contributed by atoms with van der Waals surface area (Å²) in [5, 5.41) is 3.59. The average Bonchev–Trinajstić information content (AvgIpc) is 2.79. The summed E-state index contributed by atoms with van der Waals surface area (Å²) in [5.74, 6) is 1.81. The van der Waals surface area contributed by atoms with Crippen LogP contribution in [0.5, 0.6) is 5.75 Å². The Morgan fingerprint density at radius 3 is 2.85 bits per heavy atom. The van der Waals surface area contributed by atoms with Gasteiger partial charge in [-0.2, -0.15) is 0 Å². The lowest BCUT2D eigenvalue weighted by Crippen LogP contribution is -2.33. The molecule has 0 saturated heterocycles. The van der Waals surface area contributed by atoms with Crippen LogP contribution in [0.4, 0.5) is 0 Å². The third-order valence-corrected chi connectivity index (χ3v) is 4.27. The highest BCUT2D eigenvalue weighted by Crippen LogP contribution is 2.31. The van der Waals surface area contributed by atoms with Gasteiger partial charge in [-0.1, -0.05) is 38.5 Å². The van der Waals surface area contributed by atoms with Gasteiger partial charge in [0.05, 0.1) is 0 Å². The summed E-state index contributed by atoms with van der Waals surface area (Å²) in [4.78, 5) is 0. The molecular weight excluding hydrogens is 246 g/mol. The Hall–Kier alpha value is -1.02. The van der Waals surface area contributed by atoms with Crippen LogP contribution in [0.1, 0.15) is 51.2 Å². The Kier molecular flexibility index (Phi) is 5.47. The fourth-order valence-corrected chi connectivity index (χ4v) is 3.11. The second kappa shape index (κ2) is 7.12. The molecule has 0 amide bonds. The Balaban J connectivity index is 1.77. The summed E-state index contributed by atoms with van der Waals surface area (Å²) < 4.78 is 6.04. The molecule has 2 heteroatoms. The predicted molar refractivity (Wildman–Crippen MR) is 85.5 cm³/mol. The highest BCUT2D eigenvalue weighted by Gasteiger charge is 2.23. The molecule has 1 aliphatic rings. The van der Waals surface area contributed by atoms with Gasteiger partial charge in [0.15, 0.2) is 0 Å². The molecule has 0 saturated carbocycles. The fourth-order valence-electron chi connectivity index (χ4n) is 3.11. The van der Waals surface area contributed by atoms with Crippen molar-refractivity contribution in [2.75, 3.05) is 6.54 Å². The number of ether oxygens (including phenoxy) is 1. The van der Waals surface area contributed by atoms with Gasteiger partial charge in [0.1, 0.15) is 11.9 Å². The van der Waals surface area contributed by atoms with Crippen molar-refractivity contribution in [3.63, 3.8) is 0 Å². The summed E-state index contributed by atoms with van der Waals surface area (Å²) in [5.41, 5.74) is 2.72. The third kappa shape index (κ3) is 3.99. The summed E-state index contributed by atoms with van der Waals surface area (Å²) in [6.45, 7) is 10.0. The number of benzene rings is 1. The van der Waals surface area contributed by atoms with Gasteiger partial charge in [-0.05, 0) is 50.3 Å². The molecule has 0 radical (unpaired) electrons. The van der Waals surface area contributed by atoms with Gasteiger partial charge in [-0.25, -0.2) is 0 Å². The lowest BCUT2D eigenvalue weighted by atomic mass is 9.96. The average molecular weight is 275 g/mol. The molecule has 2 nitrogen and oxygen atoms in total. The monoisotopic (exact) mass is 275 g/mol. The maximum Gasteiger partial charge on any atom is 0.123 e. The summed E-state index contributed by atoms with van der Waals surface area (Å²) in [7, 11) is 0. The van der Waals surface area contributed by atoms with E-state index in [2.05, 4.69) is 51.2 Å². The van der Waals surface area contributed by atoms with Gasteiger partial charge in [-0.3, -0.25) is 0 Å². The third-order valence-electron chi connectivity index (χ3n) is 4.27. The number of hydrogen-bond acceptors (Lipinski definition) is 2. The number of aryl methyl sites for hydroxylation is 1. The van der Waals surface area contributed by atoms with Crippen LogP contribution in [-0.2, 0) is 6.42 Å². The molecule has 0 spiro atoms. The van der Waals surface area contributed by atoms with Gasteiger partial charge in [-0.15, -0.1) is 0 Å². The van der Waals surface area contributed by atoms with Crippen LogP contribution in [0.2, 0.25) is 0 Å². The van der Waals surface area contributed by atoms with E-state index >= 15 is 0 Å². The zero-order valence-corrected chi connectivity index (χ0v) is 13.4. The predicted octanol–water partition coefficient (Wildman–Crippen LogP) is 4.10. The molecule has 0 bridgehead atoms. The van der Waals surface area contributed by atoms with Crippen LogP contribution in [0.3, 0.4) is 0 Å². The van der Waals surface area contributed by atoms with Crippen LogP contribution in [0, 0.1) is 12.8 Å². The summed E-state index contributed by atoms with van der Waals surface area (Å²) >= 11 is 0. The standard InChI is InChI=1S/C18H29NO/c1-5-19-17(13(2)3)8-6-7-16-12-15-11-14(4)9-10-18(15)20-16/h9-11,13,16-17,19H,5-8,12H2,1-4H3. The van der Waals surface area contributed by atoms with E-state index in [0.29, 0.717) is 18.1 Å². The quantitative estimate of drug-likeness (QED) is 0.809. The maximum atomic E-state index is 6.04. The van der Waals surface area contributed by atoms with Crippen LogP contribution in [-0.4, -0.2) is 18.7 Å². The number of nitrogens with one attached hydrogen (secondary N) is 1. The number of hydrogen-bond donors (Lipinski definition) is 1. The molecule has 1 aliphatic heterocycles. The zero-order chi connectivity index (χ0) is 14.5. The minimum Gasteiger partial charge on any atom is -0.490 e. The highest BCUT2D eigenvalue weighted by atomic mass is 16.5. The van der Waals surface area contributed by atoms with Crippen molar-refractivity contribution >= 4 is 0 Å². The van der Waals surface area contributed by atoms with Crippen LogP contribution in [0.15, 0.2) is 18.2 Å². The van der Waals surface area contributed by atoms with Crippen molar-refractivity contribution in [1.82, 2.24) is 5.32 Å². The summed E-state index contributed by atoms with van der Waals surface area (Å²) in [6, 6.07) is 7.18. The van der Waals surface area contributed by atoms with Gasteiger partial charge >= 0.3 is 0 Å². The molecule has 2 unspecified atom stereocenters. The lowest BCUT2D eigenvalue weighted by Gasteiger charge is -2.22. The maximum absolute atomic E-state index is 6.04. The minimum absolute atomic E-state index is 0.390. The van der Waals surface area contributed by atoms with E-state index in [9.17, 15) is 0 Å². The Bertz CT molecular complexity index is 427. The molecule has 1 aromatic carbocycles. The van der Waals surface area contributed by atoms with Crippen molar-refractivity contribution < 1.29 is 4.74 Å². The smallest absolute Gasteiger partial charge is 0.123 e. The molecule has 2 atom stereocenters. The Morgan fingerprint density at radius 1 is 1.35 bits per heavy atom. The SMILES string of the molecule is CCNC(CCCC1Cc2cc(C)ccc2O1)C(C)C. The first kappa shape index (κ1) is 15.4. The van der Waals surface area contributed by atoms with Crippen molar-refractivity contribution in [2.24, 2.45) is 5.92 Å². The molecule has 0 aromatic heterocycles. The van der Waals surface area contributed by atoms with Gasteiger partial charge in [0, 0.05) is 12.5 Å². The number of fused-ring (bicyclic) bond motifs is 1. The topological polar surface area (TPSA) is 21.3 Å².